The van der Waals surface area contributed by atoms with Crippen molar-refractivity contribution < 1.29 is 4.42 Å². The van der Waals surface area contributed by atoms with Crippen LogP contribution >= 0.6 is 0 Å². The van der Waals surface area contributed by atoms with E-state index in [2.05, 4.69) is 175 Å². The summed E-state index contributed by atoms with van der Waals surface area (Å²) in [6, 6.07) is 70.0. The van der Waals surface area contributed by atoms with Gasteiger partial charge in [0.2, 0.25) is 5.89 Å². The van der Waals surface area contributed by atoms with Crippen molar-refractivity contribution in [3.8, 4) is 67.3 Å². The molecule has 2 aromatic heterocycles. The number of hydrogen-bond donors (Lipinski definition) is 0. The number of rotatable bonds is 6. The van der Waals surface area contributed by atoms with Gasteiger partial charge in [0.25, 0.3) is 0 Å². The Morgan fingerprint density at radius 3 is 1.33 bits per heavy atom. The number of hydrogen-bond acceptors (Lipinski definition) is 4. The van der Waals surface area contributed by atoms with Crippen LogP contribution in [0.2, 0.25) is 0 Å². The van der Waals surface area contributed by atoms with Crippen molar-refractivity contribution in [2.24, 2.45) is 0 Å². The van der Waals surface area contributed by atoms with Crippen molar-refractivity contribution in [2.75, 3.05) is 0 Å². The number of aromatic nitrogens is 3. The van der Waals surface area contributed by atoms with E-state index in [1.165, 1.54) is 32.7 Å². The Morgan fingerprint density at radius 1 is 0.298 bits per heavy atom. The second-order valence-corrected chi connectivity index (χ2v) is 14.4. The lowest BCUT2D eigenvalue weighted by Gasteiger charge is -2.17. The summed E-state index contributed by atoms with van der Waals surface area (Å²) in [6.07, 6.45) is 0. The second-order valence-electron chi connectivity index (χ2n) is 14.4. The quantitative estimate of drug-likeness (QED) is 0.171. The maximum absolute atomic E-state index is 6.02. The van der Waals surface area contributed by atoms with E-state index < -0.39 is 0 Å². The first-order valence-electron chi connectivity index (χ1n) is 19.2. The molecule has 4 heteroatoms. The first-order valence-corrected chi connectivity index (χ1v) is 19.2. The molecule has 0 N–H and O–H groups in total. The summed E-state index contributed by atoms with van der Waals surface area (Å²) in [4.78, 5) is 15.6. The molecule has 0 saturated heterocycles. The zero-order valence-corrected chi connectivity index (χ0v) is 30.8. The molecular formula is C53H33N3O. The van der Waals surface area contributed by atoms with Crippen LogP contribution in [0.4, 0.5) is 0 Å². The summed E-state index contributed by atoms with van der Waals surface area (Å²) in [6.45, 7) is 0. The van der Waals surface area contributed by atoms with E-state index in [1.54, 1.807) is 0 Å². The van der Waals surface area contributed by atoms with Gasteiger partial charge in [0, 0.05) is 16.7 Å². The maximum Gasteiger partial charge on any atom is 0.227 e. The molecule has 0 amide bonds. The van der Waals surface area contributed by atoms with Gasteiger partial charge in [-0.2, -0.15) is 0 Å². The molecule has 0 aliphatic carbocycles. The van der Waals surface area contributed by atoms with E-state index in [0.29, 0.717) is 5.89 Å². The van der Waals surface area contributed by atoms with Gasteiger partial charge in [0.1, 0.15) is 5.52 Å². The Balaban J connectivity index is 1.06. The summed E-state index contributed by atoms with van der Waals surface area (Å²) < 4.78 is 6.02. The third-order valence-corrected chi connectivity index (χ3v) is 10.9. The molecule has 0 aliphatic heterocycles. The Labute approximate surface area is 329 Å². The molecule has 0 unspecified atom stereocenters. The normalized spacial score (nSPS) is 11.5. The SMILES string of the molecule is c1ccc(-c2nc3cc(-c4cccc5ccccc45)c(-c4cccc5ccccc45)cc3nc2-c2ccc(-c3ccc(-c4nc5ccccc5o4)cc3)cc2)cc1. The summed E-state index contributed by atoms with van der Waals surface area (Å²) in [5.41, 5.74) is 14.8. The van der Waals surface area contributed by atoms with Gasteiger partial charge in [0.05, 0.1) is 22.4 Å². The molecule has 9 aromatic carbocycles. The molecule has 0 bridgehead atoms. The first-order chi connectivity index (χ1) is 28.2. The zero-order valence-electron chi connectivity index (χ0n) is 30.8. The largest absolute Gasteiger partial charge is 0.436 e. The fourth-order valence-corrected chi connectivity index (χ4v) is 8.09. The Hall–Kier alpha value is -7.69. The van der Waals surface area contributed by atoms with Crippen LogP contribution in [-0.4, -0.2) is 15.0 Å². The number of oxazole rings is 1. The van der Waals surface area contributed by atoms with Crippen molar-refractivity contribution in [3.05, 3.63) is 200 Å². The van der Waals surface area contributed by atoms with Gasteiger partial charge in [-0.15, -0.1) is 0 Å². The molecule has 2 heterocycles. The van der Waals surface area contributed by atoms with E-state index >= 15 is 0 Å². The fourth-order valence-electron chi connectivity index (χ4n) is 8.09. The van der Waals surface area contributed by atoms with Crippen LogP contribution in [0.3, 0.4) is 0 Å². The first kappa shape index (κ1) is 32.7. The molecule has 0 saturated carbocycles. The van der Waals surface area contributed by atoms with Crippen molar-refractivity contribution in [1.29, 1.82) is 0 Å². The van der Waals surface area contributed by atoms with Gasteiger partial charge in [-0.1, -0.05) is 164 Å². The summed E-state index contributed by atoms with van der Waals surface area (Å²) in [5, 5.41) is 4.81. The molecule has 4 nitrogen and oxygen atoms in total. The number of fused-ring (bicyclic) bond motifs is 4. The predicted octanol–water partition coefficient (Wildman–Crippen LogP) is 14.1. The van der Waals surface area contributed by atoms with Crippen LogP contribution in [0, 0.1) is 0 Å². The fraction of sp³-hybridized carbons (Fsp3) is 0. The van der Waals surface area contributed by atoms with E-state index in [1.807, 2.05) is 30.3 Å². The Bertz CT molecular complexity index is 3230. The van der Waals surface area contributed by atoms with Crippen LogP contribution < -0.4 is 0 Å². The van der Waals surface area contributed by atoms with Gasteiger partial charge >= 0.3 is 0 Å². The van der Waals surface area contributed by atoms with Crippen LogP contribution in [0.15, 0.2) is 205 Å². The molecule has 0 aliphatic rings. The molecule has 266 valence electrons. The minimum Gasteiger partial charge on any atom is -0.436 e. The minimum absolute atomic E-state index is 0.620. The molecule has 57 heavy (non-hydrogen) atoms. The Kier molecular flexibility index (Phi) is 7.78. The molecule has 0 radical (unpaired) electrons. The summed E-state index contributed by atoms with van der Waals surface area (Å²) >= 11 is 0. The summed E-state index contributed by atoms with van der Waals surface area (Å²) in [5.74, 6) is 0.620. The molecule has 11 aromatic rings. The van der Waals surface area contributed by atoms with E-state index in [-0.39, 0.29) is 0 Å². The Morgan fingerprint density at radius 2 is 0.754 bits per heavy atom. The minimum atomic E-state index is 0.620. The lowest BCUT2D eigenvalue weighted by atomic mass is 9.88. The number of nitrogens with zero attached hydrogens (tertiary/aromatic N) is 3. The van der Waals surface area contributed by atoms with E-state index in [9.17, 15) is 0 Å². The van der Waals surface area contributed by atoms with Crippen molar-refractivity contribution in [1.82, 2.24) is 15.0 Å². The highest BCUT2D eigenvalue weighted by atomic mass is 16.3. The average molecular weight is 728 g/mol. The lowest BCUT2D eigenvalue weighted by molar-refractivity contribution is 0.620. The monoisotopic (exact) mass is 727 g/mol. The van der Waals surface area contributed by atoms with Crippen molar-refractivity contribution >= 4 is 43.7 Å². The van der Waals surface area contributed by atoms with Gasteiger partial charge < -0.3 is 4.42 Å². The molecule has 0 spiro atoms. The highest BCUT2D eigenvalue weighted by Crippen LogP contribution is 2.42. The standard InChI is InChI=1S/C53H33N3O/c1-2-14-38(15-3-1)51-52(39-28-24-34(25-29-39)35-26-30-40(31-27-35)53-56-47-22-8-9-23-50(47)57-53)55-49-33-46(44-21-11-17-37-13-5-7-19-42(37)44)45(32-48(49)54-51)43-20-10-16-36-12-4-6-18-41(36)43/h1-33H. The molecule has 0 atom stereocenters. The number of para-hydroxylation sites is 2. The predicted molar refractivity (Wildman–Crippen MR) is 235 cm³/mol. The second kappa shape index (κ2) is 13.6. The van der Waals surface area contributed by atoms with Crippen LogP contribution in [0.5, 0.6) is 0 Å². The molecule has 0 fully saturated rings. The smallest absolute Gasteiger partial charge is 0.227 e. The van der Waals surface area contributed by atoms with E-state index in [0.717, 1.165) is 72.5 Å². The van der Waals surface area contributed by atoms with Gasteiger partial charge in [0.15, 0.2) is 5.58 Å². The van der Waals surface area contributed by atoms with Crippen molar-refractivity contribution in [2.45, 2.75) is 0 Å². The third-order valence-electron chi connectivity index (χ3n) is 10.9. The van der Waals surface area contributed by atoms with Crippen LogP contribution in [-0.2, 0) is 0 Å². The molecule has 11 rings (SSSR count). The molecular weight excluding hydrogens is 695 g/mol. The zero-order chi connectivity index (χ0) is 37.7. The van der Waals surface area contributed by atoms with E-state index in [4.69, 9.17) is 14.4 Å². The number of benzene rings is 9. The average Bonchev–Trinajstić information content (AvgIpc) is 3.73. The highest BCUT2D eigenvalue weighted by Gasteiger charge is 2.19. The van der Waals surface area contributed by atoms with Crippen molar-refractivity contribution in [3.63, 3.8) is 0 Å². The topological polar surface area (TPSA) is 51.8 Å². The van der Waals surface area contributed by atoms with Crippen LogP contribution in [0.25, 0.3) is 111 Å². The maximum atomic E-state index is 6.02. The van der Waals surface area contributed by atoms with Gasteiger partial charge in [-0.05, 0) is 91.3 Å². The van der Waals surface area contributed by atoms with Gasteiger partial charge in [-0.25, -0.2) is 15.0 Å². The van der Waals surface area contributed by atoms with Crippen LogP contribution in [0.1, 0.15) is 0 Å². The lowest BCUT2D eigenvalue weighted by Crippen LogP contribution is -1.98. The summed E-state index contributed by atoms with van der Waals surface area (Å²) in [7, 11) is 0. The highest BCUT2D eigenvalue weighted by molar-refractivity contribution is 6.08. The van der Waals surface area contributed by atoms with Gasteiger partial charge in [-0.3, -0.25) is 0 Å². The third kappa shape index (κ3) is 5.83.